The summed E-state index contributed by atoms with van der Waals surface area (Å²) in [7, 11) is 0. The fraction of sp³-hybridized carbons (Fsp3) is 0.333. The molecule has 1 saturated carbocycles. The van der Waals surface area contributed by atoms with Crippen molar-refractivity contribution in [3.63, 3.8) is 0 Å². The Balaban J connectivity index is 1.33. The Morgan fingerprint density at radius 3 is 2.73 bits per heavy atom. The number of rotatable bonds is 3. The van der Waals surface area contributed by atoms with Crippen LogP contribution in [0.25, 0.3) is 22.4 Å². The topological polar surface area (TPSA) is 128 Å². The van der Waals surface area contributed by atoms with Gasteiger partial charge in [-0.2, -0.15) is 9.78 Å². The van der Waals surface area contributed by atoms with Gasteiger partial charge in [-0.05, 0) is 76.3 Å². The third-order valence-electron chi connectivity index (χ3n) is 5.75. The zero-order valence-electron chi connectivity index (χ0n) is 20.8. The van der Waals surface area contributed by atoms with E-state index in [1.165, 1.54) is 4.68 Å². The third kappa shape index (κ3) is 5.90. The van der Waals surface area contributed by atoms with Crippen LogP contribution in [0.4, 0.5) is 10.7 Å². The van der Waals surface area contributed by atoms with Crippen LogP contribution in [0.1, 0.15) is 51.3 Å². The van der Waals surface area contributed by atoms with E-state index < -0.39 is 11.7 Å². The van der Waals surface area contributed by atoms with Crippen molar-refractivity contribution in [2.45, 2.75) is 57.8 Å². The molecule has 188 valence electrons. The zero-order valence-corrected chi connectivity index (χ0v) is 20.8. The fourth-order valence-corrected chi connectivity index (χ4v) is 4.07. The molecule has 1 fully saturated rings. The number of aromatic nitrogens is 6. The summed E-state index contributed by atoms with van der Waals surface area (Å²) in [5.41, 5.74) is 1.91. The molecule has 0 bridgehead atoms. The van der Waals surface area contributed by atoms with Crippen LogP contribution >= 0.6 is 0 Å². The highest BCUT2D eigenvalue weighted by atomic mass is 16.6. The third-order valence-corrected chi connectivity index (χ3v) is 5.75. The van der Waals surface area contributed by atoms with Crippen molar-refractivity contribution < 1.29 is 14.6 Å². The molecule has 5 rings (SSSR count). The first kappa shape index (κ1) is 24.3. The summed E-state index contributed by atoms with van der Waals surface area (Å²) in [6, 6.07) is 9.10. The average Bonchev–Trinajstić information content (AvgIpc) is 3.47. The van der Waals surface area contributed by atoms with E-state index in [9.17, 15) is 9.90 Å². The van der Waals surface area contributed by atoms with Crippen LogP contribution in [0.3, 0.4) is 0 Å². The molecule has 4 aromatic rings. The lowest BCUT2D eigenvalue weighted by molar-refractivity contribution is 0.0522. The molecule has 0 unspecified atom stereocenters. The van der Waals surface area contributed by atoms with Gasteiger partial charge in [0.15, 0.2) is 5.82 Å². The van der Waals surface area contributed by atoms with E-state index in [1.54, 1.807) is 36.8 Å². The minimum Gasteiger partial charge on any atom is -0.442 e. The van der Waals surface area contributed by atoms with Crippen LogP contribution in [0, 0.1) is 11.8 Å². The summed E-state index contributed by atoms with van der Waals surface area (Å²) in [5, 5.41) is 18.0. The maximum Gasteiger partial charge on any atom is 0.435 e. The van der Waals surface area contributed by atoms with Crippen molar-refractivity contribution in [1.82, 2.24) is 29.7 Å². The van der Waals surface area contributed by atoms with E-state index in [-0.39, 0.29) is 12.1 Å². The fourth-order valence-electron chi connectivity index (χ4n) is 4.07. The summed E-state index contributed by atoms with van der Waals surface area (Å²) in [5.74, 6) is 7.10. The number of aliphatic hydroxyl groups is 1. The second kappa shape index (κ2) is 9.95. The van der Waals surface area contributed by atoms with Crippen molar-refractivity contribution >= 4 is 22.9 Å². The number of carbonyl (C=O) groups excluding carboxylic acids is 1. The Labute approximate surface area is 214 Å². The van der Waals surface area contributed by atoms with Crippen LogP contribution in [0.5, 0.6) is 0 Å². The quantitative estimate of drug-likeness (QED) is 0.406. The molecule has 1 aliphatic carbocycles. The van der Waals surface area contributed by atoms with Crippen LogP contribution < -0.4 is 5.32 Å². The van der Waals surface area contributed by atoms with E-state index in [4.69, 9.17) is 4.74 Å². The summed E-state index contributed by atoms with van der Waals surface area (Å²) in [6.07, 6.45) is 6.44. The highest BCUT2D eigenvalue weighted by Crippen LogP contribution is 2.22. The molecule has 1 aromatic carbocycles. The minimum atomic E-state index is -0.611. The molecule has 0 aliphatic heterocycles. The summed E-state index contributed by atoms with van der Waals surface area (Å²) in [4.78, 5) is 30.1. The Hall–Kier alpha value is -4.36. The SMILES string of the molecule is CC(C)(C)OC(=O)n1ncc2cc(C#Cc3ccnc(-c4ccnc(N[C@@H]5CC[C@@H](O)C5)n4)n3)ccc21. The van der Waals surface area contributed by atoms with Crippen LogP contribution in [0.15, 0.2) is 48.9 Å². The number of fused-ring (bicyclic) bond motifs is 1. The number of hydrogen-bond donors (Lipinski definition) is 2. The normalized spacial score (nSPS) is 17.3. The molecule has 0 saturated heterocycles. The molecule has 3 aromatic heterocycles. The monoisotopic (exact) mass is 497 g/mol. The number of benzene rings is 1. The van der Waals surface area contributed by atoms with E-state index in [0.717, 1.165) is 23.8 Å². The average molecular weight is 498 g/mol. The molecule has 2 atom stereocenters. The van der Waals surface area contributed by atoms with Gasteiger partial charge in [-0.3, -0.25) is 0 Å². The van der Waals surface area contributed by atoms with E-state index in [1.807, 2.05) is 32.9 Å². The molecule has 37 heavy (non-hydrogen) atoms. The Kier molecular flexibility index (Phi) is 6.54. The van der Waals surface area contributed by atoms with Gasteiger partial charge in [0.1, 0.15) is 17.0 Å². The number of carbonyl (C=O) groups is 1. The lowest BCUT2D eigenvalue weighted by atomic mass is 10.1. The van der Waals surface area contributed by atoms with Gasteiger partial charge in [0.2, 0.25) is 5.95 Å². The molecule has 2 N–H and O–H groups in total. The van der Waals surface area contributed by atoms with Crippen molar-refractivity contribution in [1.29, 1.82) is 0 Å². The van der Waals surface area contributed by atoms with Gasteiger partial charge in [-0.15, -0.1) is 0 Å². The maximum absolute atomic E-state index is 12.4. The second-order valence-corrected chi connectivity index (χ2v) is 9.90. The molecule has 0 spiro atoms. The number of ether oxygens (including phenoxy) is 1. The van der Waals surface area contributed by atoms with Crippen LogP contribution in [-0.2, 0) is 4.74 Å². The van der Waals surface area contributed by atoms with Gasteiger partial charge in [-0.1, -0.05) is 5.92 Å². The number of aliphatic hydroxyl groups excluding tert-OH is 1. The Morgan fingerprint density at radius 1 is 1.11 bits per heavy atom. The standard InChI is InChI=1S/C27H27N7O3/c1-27(2,3)37-26(36)34-23-9-5-17(14-18(23)16-30-34)4-6-19-10-12-28-24(31-19)22-11-13-29-25(33-22)32-20-7-8-21(35)15-20/h5,9-14,16,20-21,35H,7-8,15H2,1-3H3,(H,29,32,33)/t20-,21-/m1/s1. The van der Waals surface area contributed by atoms with Gasteiger partial charge in [0, 0.05) is 29.4 Å². The van der Waals surface area contributed by atoms with E-state index in [2.05, 4.69) is 42.2 Å². The van der Waals surface area contributed by atoms with Gasteiger partial charge in [-0.25, -0.2) is 24.7 Å². The Morgan fingerprint density at radius 2 is 1.95 bits per heavy atom. The molecule has 10 nitrogen and oxygen atoms in total. The second-order valence-electron chi connectivity index (χ2n) is 9.90. The highest BCUT2D eigenvalue weighted by Gasteiger charge is 2.23. The first-order valence-electron chi connectivity index (χ1n) is 12.1. The largest absolute Gasteiger partial charge is 0.442 e. The molecule has 0 radical (unpaired) electrons. The van der Waals surface area contributed by atoms with Gasteiger partial charge in [0.05, 0.1) is 17.8 Å². The number of nitrogens with one attached hydrogen (secondary N) is 1. The summed E-state index contributed by atoms with van der Waals surface area (Å²) < 4.78 is 6.66. The number of hydrogen-bond acceptors (Lipinski definition) is 9. The van der Waals surface area contributed by atoms with Crippen molar-refractivity contribution in [3.05, 3.63) is 60.2 Å². The van der Waals surface area contributed by atoms with Crippen molar-refractivity contribution in [2.24, 2.45) is 0 Å². The lowest BCUT2D eigenvalue weighted by Gasteiger charge is -2.19. The van der Waals surface area contributed by atoms with Crippen molar-refractivity contribution in [2.75, 3.05) is 5.32 Å². The number of anilines is 1. The first-order chi connectivity index (χ1) is 17.7. The molecular formula is C27H27N7O3. The van der Waals surface area contributed by atoms with Gasteiger partial charge in [0.25, 0.3) is 0 Å². The predicted octanol–water partition coefficient (Wildman–Crippen LogP) is 3.79. The Bertz CT molecular complexity index is 1510. The summed E-state index contributed by atoms with van der Waals surface area (Å²) in [6.45, 7) is 5.43. The lowest BCUT2D eigenvalue weighted by Crippen LogP contribution is -2.27. The van der Waals surface area contributed by atoms with Crippen LogP contribution in [0.2, 0.25) is 0 Å². The first-order valence-corrected chi connectivity index (χ1v) is 12.1. The molecule has 1 aliphatic rings. The zero-order chi connectivity index (χ0) is 26.0. The van der Waals surface area contributed by atoms with E-state index in [0.29, 0.717) is 35.1 Å². The predicted molar refractivity (Wildman–Crippen MR) is 138 cm³/mol. The minimum absolute atomic E-state index is 0.150. The molecular weight excluding hydrogens is 470 g/mol. The number of nitrogens with zero attached hydrogens (tertiary/aromatic N) is 6. The van der Waals surface area contributed by atoms with Gasteiger partial charge >= 0.3 is 6.09 Å². The van der Waals surface area contributed by atoms with Crippen molar-refractivity contribution in [3.8, 4) is 23.4 Å². The maximum atomic E-state index is 12.4. The smallest absolute Gasteiger partial charge is 0.435 e. The molecule has 3 heterocycles. The summed E-state index contributed by atoms with van der Waals surface area (Å²) >= 11 is 0. The highest BCUT2D eigenvalue weighted by molar-refractivity contribution is 5.88. The molecule has 10 heteroatoms. The van der Waals surface area contributed by atoms with E-state index >= 15 is 0 Å². The molecule has 0 amide bonds. The van der Waals surface area contributed by atoms with Gasteiger partial charge < -0.3 is 15.2 Å². The van der Waals surface area contributed by atoms with Crippen LogP contribution in [-0.4, -0.2) is 58.7 Å².